The van der Waals surface area contributed by atoms with Crippen LogP contribution in [0.25, 0.3) is 0 Å². The predicted octanol–water partition coefficient (Wildman–Crippen LogP) is 1.43. The number of hydrogen-bond donors (Lipinski definition) is 10. The Hall–Kier alpha value is -5.22. The van der Waals surface area contributed by atoms with Gasteiger partial charge in [0.15, 0.2) is 0 Å². The number of hydrogen-bond acceptors (Lipinski definition) is 16. The summed E-state index contributed by atoms with van der Waals surface area (Å²) in [6.07, 6.45) is 0.675. The molecule has 16 heteroatoms. The van der Waals surface area contributed by atoms with Gasteiger partial charge in [0.1, 0.15) is 0 Å². The van der Waals surface area contributed by atoms with Crippen LogP contribution in [-0.4, -0.2) is 79.5 Å². The van der Waals surface area contributed by atoms with Crippen molar-refractivity contribution in [1.82, 2.24) is 29.9 Å². The molecule has 0 radical (unpaired) electrons. The highest BCUT2D eigenvalue weighted by Crippen LogP contribution is 2.19. The minimum absolute atomic E-state index is 0.0637. The van der Waals surface area contributed by atoms with Crippen LogP contribution in [0.4, 0.5) is 58.4 Å². The van der Waals surface area contributed by atoms with Gasteiger partial charge in [-0.1, -0.05) is 6.07 Å². The first-order chi connectivity index (χ1) is 20.0. The highest BCUT2D eigenvalue weighted by Gasteiger charge is 2.09. The normalized spacial score (nSPS) is 10.6. The molecule has 0 atom stereocenters. The Morgan fingerprint density at radius 3 is 1.46 bits per heavy atom. The Morgan fingerprint density at radius 1 is 0.512 bits per heavy atom. The molecule has 0 saturated carbocycles. The van der Waals surface area contributed by atoms with Crippen molar-refractivity contribution < 1.29 is 10.2 Å². The number of benzene rings is 2. The van der Waals surface area contributed by atoms with Crippen LogP contribution >= 0.6 is 0 Å². The highest BCUT2D eigenvalue weighted by atomic mass is 16.3. The summed E-state index contributed by atoms with van der Waals surface area (Å²) in [6, 6.07) is 14.4. The molecule has 0 aliphatic heterocycles. The van der Waals surface area contributed by atoms with E-state index < -0.39 is 0 Å². The Morgan fingerprint density at radius 2 is 0.976 bits per heavy atom. The molecule has 216 valence electrons. The molecule has 4 aromatic rings. The van der Waals surface area contributed by atoms with Gasteiger partial charge in [0.2, 0.25) is 35.7 Å². The summed E-state index contributed by atoms with van der Waals surface area (Å²) in [6.45, 7) is 1.53. The average Bonchev–Trinajstić information content (AvgIpc) is 2.96. The average molecular weight is 563 g/mol. The second-order valence-electron chi connectivity index (χ2n) is 8.62. The van der Waals surface area contributed by atoms with E-state index in [-0.39, 0.29) is 13.2 Å². The second-order valence-corrected chi connectivity index (χ2v) is 8.62. The van der Waals surface area contributed by atoms with E-state index in [4.69, 9.17) is 21.7 Å². The zero-order valence-electron chi connectivity index (χ0n) is 22.3. The van der Waals surface area contributed by atoms with Crippen LogP contribution in [0, 0.1) is 0 Å². The molecule has 2 heterocycles. The topological polar surface area (TPSA) is 242 Å². The van der Waals surface area contributed by atoms with E-state index in [0.29, 0.717) is 79.7 Å². The molecule has 12 N–H and O–H groups in total. The Labute approximate surface area is 236 Å². The third kappa shape index (κ3) is 9.48. The van der Waals surface area contributed by atoms with Crippen molar-refractivity contribution in [2.24, 2.45) is 0 Å². The van der Waals surface area contributed by atoms with Gasteiger partial charge in [0, 0.05) is 48.9 Å². The third-order valence-corrected chi connectivity index (χ3v) is 5.29. The van der Waals surface area contributed by atoms with Gasteiger partial charge in [0.05, 0.1) is 13.2 Å². The molecule has 0 fully saturated rings. The van der Waals surface area contributed by atoms with E-state index in [1.54, 1.807) is 24.3 Å². The molecule has 0 bridgehead atoms. The van der Waals surface area contributed by atoms with Gasteiger partial charge >= 0.3 is 0 Å². The zero-order valence-corrected chi connectivity index (χ0v) is 22.3. The van der Waals surface area contributed by atoms with Crippen molar-refractivity contribution in [2.75, 3.05) is 82.8 Å². The fraction of sp³-hybridized carbons (Fsp3) is 0.280. The fourth-order valence-electron chi connectivity index (χ4n) is 3.45. The summed E-state index contributed by atoms with van der Waals surface area (Å²) in [5, 5.41) is 36.9. The molecule has 0 aliphatic carbocycles. The number of anilines is 10. The first kappa shape index (κ1) is 28.8. The summed E-state index contributed by atoms with van der Waals surface area (Å²) in [5.41, 5.74) is 14.4. The van der Waals surface area contributed by atoms with Crippen LogP contribution in [0.1, 0.15) is 6.42 Å². The van der Waals surface area contributed by atoms with E-state index in [9.17, 15) is 0 Å². The van der Waals surface area contributed by atoms with Crippen LogP contribution < -0.4 is 43.4 Å². The van der Waals surface area contributed by atoms with Crippen LogP contribution in [0.3, 0.4) is 0 Å². The summed E-state index contributed by atoms with van der Waals surface area (Å²) >= 11 is 0. The maximum absolute atomic E-state index is 9.16. The largest absolute Gasteiger partial charge is 0.399 e. The smallest absolute Gasteiger partial charge is 0.233 e. The quantitative estimate of drug-likeness (QED) is 0.0685. The number of nitrogens with two attached hydrogens (primary N) is 2. The molecule has 2 aromatic carbocycles. The number of aliphatic hydroxyl groups excluding tert-OH is 2. The summed E-state index contributed by atoms with van der Waals surface area (Å²) < 4.78 is 0. The van der Waals surface area contributed by atoms with E-state index in [0.717, 1.165) is 11.4 Å². The fourth-order valence-corrected chi connectivity index (χ4v) is 3.45. The van der Waals surface area contributed by atoms with Crippen LogP contribution in [0.5, 0.6) is 0 Å². The molecule has 2 aromatic heterocycles. The summed E-state index contributed by atoms with van der Waals surface area (Å²) in [5.74, 6) is 2.01. The number of aliphatic hydroxyl groups is 2. The Bertz CT molecular complexity index is 1390. The van der Waals surface area contributed by atoms with Crippen molar-refractivity contribution >= 4 is 58.4 Å². The molecule has 0 spiro atoms. The van der Waals surface area contributed by atoms with Crippen LogP contribution in [0.2, 0.25) is 0 Å². The first-order valence-corrected chi connectivity index (χ1v) is 13.0. The minimum atomic E-state index is -0.0659. The van der Waals surface area contributed by atoms with Crippen molar-refractivity contribution in [3.63, 3.8) is 0 Å². The molecule has 0 saturated heterocycles. The van der Waals surface area contributed by atoms with Crippen LogP contribution in [0.15, 0.2) is 48.5 Å². The molecule has 0 amide bonds. The molecule has 0 aliphatic rings. The molecular weight excluding hydrogens is 528 g/mol. The van der Waals surface area contributed by atoms with Crippen molar-refractivity contribution in [2.45, 2.75) is 6.42 Å². The molecule has 4 rings (SSSR count). The Kier molecular flexibility index (Phi) is 10.4. The maximum Gasteiger partial charge on any atom is 0.233 e. The lowest BCUT2D eigenvalue weighted by molar-refractivity contribution is 0.310. The van der Waals surface area contributed by atoms with Crippen molar-refractivity contribution in [1.29, 1.82) is 0 Å². The van der Waals surface area contributed by atoms with Gasteiger partial charge in [-0.3, -0.25) is 0 Å². The molecule has 41 heavy (non-hydrogen) atoms. The number of nitrogens with zero attached hydrogens (tertiary/aromatic N) is 6. The van der Waals surface area contributed by atoms with E-state index >= 15 is 0 Å². The van der Waals surface area contributed by atoms with E-state index in [1.165, 1.54) is 0 Å². The van der Waals surface area contributed by atoms with Gasteiger partial charge in [-0.2, -0.15) is 29.9 Å². The lowest BCUT2D eigenvalue weighted by Gasteiger charge is -2.12. The van der Waals surface area contributed by atoms with E-state index in [2.05, 4.69) is 61.8 Å². The lowest BCUT2D eigenvalue weighted by Crippen LogP contribution is -2.16. The van der Waals surface area contributed by atoms with Gasteiger partial charge in [0.25, 0.3) is 0 Å². The SMILES string of the molecule is Nc1ccc(Nc2nc(NCCO)nc(NCCCNc3nc(NCCO)nc(Nc4cccc(N)c4)n3)n2)cc1. The maximum atomic E-state index is 9.16. The Balaban J connectivity index is 1.35. The van der Waals surface area contributed by atoms with Gasteiger partial charge in [-0.25, -0.2) is 0 Å². The number of nitrogens with one attached hydrogen (secondary N) is 6. The van der Waals surface area contributed by atoms with Crippen molar-refractivity contribution in [3.8, 4) is 0 Å². The second kappa shape index (κ2) is 14.8. The predicted molar refractivity (Wildman–Crippen MR) is 161 cm³/mol. The zero-order chi connectivity index (χ0) is 28.9. The number of nitrogen functional groups attached to an aromatic ring is 2. The summed E-state index contributed by atoms with van der Waals surface area (Å²) in [7, 11) is 0. The molecular formula is C25H34N14O2. The summed E-state index contributed by atoms with van der Waals surface area (Å²) in [4.78, 5) is 26.3. The first-order valence-electron chi connectivity index (χ1n) is 13.0. The standard InChI is InChI=1S/C25H34N14O2/c26-16-5-7-18(8-6-16)32-24-36-20(34-22(38-24)30-11-13-40)28-9-2-10-29-21-35-23(31-12-14-41)39-25(37-21)33-19-4-1-3-17(27)15-19/h1,3-8,15,40-41H,2,9-14,26-27H2,(H3,28,30,32,34,36,38)(H3,29,31,33,35,37,39). The third-order valence-electron chi connectivity index (χ3n) is 5.29. The van der Waals surface area contributed by atoms with E-state index in [1.807, 2.05) is 24.3 Å². The van der Waals surface area contributed by atoms with Gasteiger partial charge < -0.3 is 53.6 Å². The highest BCUT2D eigenvalue weighted by molar-refractivity contribution is 5.61. The number of rotatable bonds is 16. The molecule has 16 nitrogen and oxygen atoms in total. The van der Waals surface area contributed by atoms with Crippen LogP contribution in [-0.2, 0) is 0 Å². The molecule has 0 unspecified atom stereocenters. The van der Waals surface area contributed by atoms with Gasteiger partial charge in [-0.15, -0.1) is 0 Å². The monoisotopic (exact) mass is 562 g/mol. The number of aromatic nitrogens is 6. The van der Waals surface area contributed by atoms with Crippen molar-refractivity contribution in [3.05, 3.63) is 48.5 Å². The lowest BCUT2D eigenvalue weighted by atomic mass is 10.3. The minimum Gasteiger partial charge on any atom is -0.399 e. The van der Waals surface area contributed by atoms with Gasteiger partial charge in [-0.05, 0) is 48.9 Å².